The van der Waals surface area contributed by atoms with E-state index in [1.807, 2.05) is 6.92 Å². The molecule has 1 fully saturated rings. The summed E-state index contributed by atoms with van der Waals surface area (Å²) in [4.78, 5) is 48.0. The van der Waals surface area contributed by atoms with Gasteiger partial charge in [0.05, 0.1) is 12.6 Å². The van der Waals surface area contributed by atoms with Crippen molar-refractivity contribution in [2.45, 2.75) is 32.4 Å². The van der Waals surface area contributed by atoms with Gasteiger partial charge in [0, 0.05) is 24.1 Å². The number of urea groups is 1. The number of rotatable bonds is 6. The molecule has 0 bridgehead atoms. The Hall–Kier alpha value is -3.68. The summed E-state index contributed by atoms with van der Waals surface area (Å²) in [6.45, 7) is 2.08. The van der Waals surface area contributed by atoms with Crippen LogP contribution in [0, 0.1) is 0 Å². The van der Waals surface area contributed by atoms with Gasteiger partial charge in [-0.2, -0.15) is 0 Å². The van der Waals surface area contributed by atoms with Crippen LogP contribution in [0.15, 0.2) is 48.5 Å². The minimum atomic E-state index is -0.638. The van der Waals surface area contributed by atoms with Gasteiger partial charge >= 0.3 is 6.03 Å². The number of likely N-dealkylation sites (tertiary alicyclic amines) is 1. The van der Waals surface area contributed by atoms with E-state index in [4.69, 9.17) is 5.73 Å². The van der Waals surface area contributed by atoms with Crippen molar-refractivity contribution in [2.24, 2.45) is 5.73 Å². The number of carbonyl (C=O) groups excluding carboxylic acids is 4. The maximum atomic E-state index is 12.5. The Morgan fingerprint density at radius 2 is 1.59 bits per heavy atom. The molecular formula is C21H22N4O4. The first-order chi connectivity index (χ1) is 13.8. The number of hydrogen-bond donors (Lipinski definition) is 3. The lowest BCUT2D eigenvalue weighted by atomic mass is 10.1. The molecule has 4 N–H and O–H groups in total. The molecule has 2 aromatic rings. The Balaban J connectivity index is 1.59. The van der Waals surface area contributed by atoms with Crippen molar-refractivity contribution >= 4 is 29.4 Å². The Labute approximate surface area is 168 Å². The summed E-state index contributed by atoms with van der Waals surface area (Å²) in [7, 11) is 0. The van der Waals surface area contributed by atoms with E-state index in [1.165, 1.54) is 4.90 Å². The quantitative estimate of drug-likeness (QED) is 0.651. The van der Waals surface area contributed by atoms with Crippen molar-refractivity contribution in [1.29, 1.82) is 0 Å². The zero-order valence-electron chi connectivity index (χ0n) is 16.0. The number of imide groups is 1. The highest BCUT2D eigenvalue weighted by molar-refractivity contribution is 6.01. The van der Waals surface area contributed by atoms with Gasteiger partial charge in [0.2, 0.25) is 11.8 Å². The second-order valence-electron chi connectivity index (χ2n) is 6.88. The van der Waals surface area contributed by atoms with E-state index in [0.717, 1.165) is 11.1 Å². The minimum Gasteiger partial charge on any atom is -0.351 e. The minimum absolute atomic E-state index is 0.164. The Kier molecular flexibility index (Phi) is 5.92. The van der Waals surface area contributed by atoms with Crippen LogP contribution in [0.4, 0.5) is 10.5 Å². The van der Waals surface area contributed by atoms with Crippen LogP contribution in [-0.4, -0.2) is 28.7 Å². The summed E-state index contributed by atoms with van der Waals surface area (Å²) in [5.41, 5.74) is 7.79. The first kappa shape index (κ1) is 20.1. The average molecular weight is 394 g/mol. The van der Waals surface area contributed by atoms with Gasteiger partial charge in [0.15, 0.2) is 0 Å². The largest absolute Gasteiger partial charge is 0.351 e. The number of amides is 5. The van der Waals surface area contributed by atoms with E-state index in [0.29, 0.717) is 11.3 Å². The van der Waals surface area contributed by atoms with E-state index in [2.05, 4.69) is 10.6 Å². The van der Waals surface area contributed by atoms with E-state index >= 15 is 0 Å². The molecule has 0 radical (unpaired) electrons. The summed E-state index contributed by atoms with van der Waals surface area (Å²) in [6.07, 6.45) is 0.521. The van der Waals surface area contributed by atoms with Crippen molar-refractivity contribution in [3.8, 4) is 0 Å². The maximum absolute atomic E-state index is 12.5. The van der Waals surface area contributed by atoms with E-state index in [-0.39, 0.29) is 43.1 Å². The third kappa shape index (κ3) is 4.98. The highest BCUT2D eigenvalue weighted by atomic mass is 16.2. The van der Waals surface area contributed by atoms with Gasteiger partial charge in [0.25, 0.3) is 5.91 Å². The number of nitrogens with two attached hydrogens (primary N) is 1. The SMILES string of the molecule is CC(NC(=O)c1ccc(CN2C(=O)CCC2=O)cc1)c1ccc(NC(N)=O)cc1. The van der Waals surface area contributed by atoms with Crippen LogP contribution in [0.3, 0.4) is 0 Å². The van der Waals surface area contributed by atoms with Crippen LogP contribution in [0.2, 0.25) is 0 Å². The van der Waals surface area contributed by atoms with Gasteiger partial charge in [-0.05, 0) is 42.3 Å². The van der Waals surface area contributed by atoms with Crippen molar-refractivity contribution in [3.63, 3.8) is 0 Å². The summed E-state index contributed by atoms with van der Waals surface area (Å²) in [5.74, 6) is -0.568. The molecule has 1 heterocycles. The predicted molar refractivity (Wildman–Crippen MR) is 107 cm³/mol. The number of benzene rings is 2. The van der Waals surface area contributed by atoms with Crippen LogP contribution in [0.5, 0.6) is 0 Å². The first-order valence-corrected chi connectivity index (χ1v) is 9.23. The molecule has 0 aliphatic carbocycles. The molecule has 2 aromatic carbocycles. The van der Waals surface area contributed by atoms with Crippen LogP contribution in [-0.2, 0) is 16.1 Å². The Morgan fingerprint density at radius 1 is 1.00 bits per heavy atom. The van der Waals surface area contributed by atoms with Crippen LogP contribution >= 0.6 is 0 Å². The lowest BCUT2D eigenvalue weighted by Crippen LogP contribution is -2.28. The topological polar surface area (TPSA) is 122 Å². The normalized spacial score (nSPS) is 14.6. The molecule has 1 aliphatic heterocycles. The number of nitrogens with zero attached hydrogens (tertiary/aromatic N) is 1. The highest BCUT2D eigenvalue weighted by Gasteiger charge is 2.28. The van der Waals surface area contributed by atoms with Crippen LogP contribution in [0.1, 0.15) is 47.3 Å². The second kappa shape index (κ2) is 8.55. The first-order valence-electron chi connectivity index (χ1n) is 9.23. The summed E-state index contributed by atoms with van der Waals surface area (Å²) >= 11 is 0. The zero-order valence-corrected chi connectivity index (χ0v) is 16.0. The molecule has 1 unspecified atom stereocenters. The molecule has 0 saturated carbocycles. The third-order valence-corrected chi connectivity index (χ3v) is 4.74. The number of carbonyl (C=O) groups is 4. The average Bonchev–Trinajstić information content (AvgIpc) is 3.00. The van der Waals surface area contributed by atoms with Crippen molar-refractivity contribution in [1.82, 2.24) is 10.2 Å². The van der Waals surface area contributed by atoms with Gasteiger partial charge in [0.1, 0.15) is 0 Å². The molecular weight excluding hydrogens is 372 g/mol. The molecule has 0 spiro atoms. The molecule has 1 aliphatic rings. The molecule has 29 heavy (non-hydrogen) atoms. The number of nitrogens with one attached hydrogen (secondary N) is 2. The predicted octanol–water partition coefficient (Wildman–Crippen LogP) is 2.32. The molecule has 0 aromatic heterocycles. The smallest absolute Gasteiger partial charge is 0.316 e. The Bertz CT molecular complexity index is 922. The van der Waals surface area contributed by atoms with Crippen molar-refractivity contribution in [3.05, 3.63) is 65.2 Å². The number of hydrogen-bond acceptors (Lipinski definition) is 4. The van der Waals surface area contributed by atoms with Gasteiger partial charge in [-0.15, -0.1) is 0 Å². The summed E-state index contributed by atoms with van der Waals surface area (Å²) in [6, 6.07) is 12.9. The monoisotopic (exact) mass is 394 g/mol. The molecule has 8 nitrogen and oxygen atoms in total. The molecule has 5 amide bonds. The maximum Gasteiger partial charge on any atom is 0.316 e. The second-order valence-corrected chi connectivity index (χ2v) is 6.88. The standard InChI is InChI=1S/C21H22N4O4/c1-13(15-6-8-17(9-7-15)24-21(22)29)23-20(28)16-4-2-14(3-5-16)12-25-18(26)10-11-19(25)27/h2-9,13H,10-12H2,1H3,(H,23,28)(H3,22,24,29). The molecule has 8 heteroatoms. The zero-order chi connectivity index (χ0) is 21.0. The third-order valence-electron chi connectivity index (χ3n) is 4.74. The fourth-order valence-electron chi connectivity index (χ4n) is 3.10. The van der Waals surface area contributed by atoms with Gasteiger partial charge in [-0.1, -0.05) is 24.3 Å². The van der Waals surface area contributed by atoms with Gasteiger partial charge in [-0.3, -0.25) is 19.3 Å². The van der Waals surface area contributed by atoms with Gasteiger partial charge in [-0.25, -0.2) is 4.79 Å². The van der Waals surface area contributed by atoms with Crippen LogP contribution in [0.25, 0.3) is 0 Å². The van der Waals surface area contributed by atoms with E-state index in [9.17, 15) is 19.2 Å². The van der Waals surface area contributed by atoms with Gasteiger partial charge < -0.3 is 16.4 Å². The highest BCUT2D eigenvalue weighted by Crippen LogP contribution is 2.18. The van der Waals surface area contributed by atoms with E-state index < -0.39 is 6.03 Å². The summed E-state index contributed by atoms with van der Waals surface area (Å²) in [5, 5.41) is 5.39. The number of primary amides is 1. The number of anilines is 1. The molecule has 3 rings (SSSR count). The lowest BCUT2D eigenvalue weighted by Gasteiger charge is -2.16. The molecule has 1 atom stereocenters. The molecule has 150 valence electrons. The lowest BCUT2D eigenvalue weighted by molar-refractivity contribution is -0.139. The molecule has 1 saturated heterocycles. The fraction of sp³-hybridized carbons (Fsp3) is 0.238. The van der Waals surface area contributed by atoms with Crippen molar-refractivity contribution < 1.29 is 19.2 Å². The Morgan fingerprint density at radius 3 is 2.14 bits per heavy atom. The van der Waals surface area contributed by atoms with E-state index in [1.54, 1.807) is 48.5 Å². The van der Waals surface area contributed by atoms with Crippen molar-refractivity contribution in [2.75, 3.05) is 5.32 Å². The van der Waals surface area contributed by atoms with Crippen LogP contribution < -0.4 is 16.4 Å². The fourth-order valence-corrected chi connectivity index (χ4v) is 3.10. The summed E-state index contributed by atoms with van der Waals surface area (Å²) < 4.78 is 0.